The zero-order valence-corrected chi connectivity index (χ0v) is 17.2. The maximum absolute atomic E-state index is 10.8. The number of ether oxygens (including phenoxy) is 1. The second-order valence-corrected chi connectivity index (χ2v) is 7.43. The van der Waals surface area contributed by atoms with E-state index in [-0.39, 0.29) is 0 Å². The van der Waals surface area contributed by atoms with Crippen LogP contribution in [0.2, 0.25) is 0 Å². The summed E-state index contributed by atoms with van der Waals surface area (Å²) >= 11 is 0. The number of hydrogen-bond donors (Lipinski definition) is 3. The van der Waals surface area contributed by atoms with Crippen molar-refractivity contribution < 1.29 is 9.84 Å². The molecule has 1 aliphatic rings. The van der Waals surface area contributed by atoms with E-state index in [0.717, 1.165) is 44.2 Å². The second kappa shape index (κ2) is 10.3. The van der Waals surface area contributed by atoms with Crippen molar-refractivity contribution in [2.24, 2.45) is 4.99 Å². The minimum absolute atomic E-state index is 0.410. The number of pyridine rings is 1. The third-order valence-corrected chi connectivity index (χ3v) is 4.65. The first-order chi connectivity index (χ1) is 14.1. The Morgan fingerprint density at radius 3 is 2.86 bits per heavy atom. The highest BCUT2D eigenvalue weighted by molar-refractivity contribution is 5.79. The number of β-amino-alcohol motifs (C(OH)–C–C–N with tert-alkyl or cyclic N) is 1. The van der Waals surface area contributed by atoms with Crippen molar-refractivity contribution in [1.29, 1.82) is 0 Å². The molecular weight excluding hydrogens is 370 g/mol. The van der Waals surface area contributed by atoms with Gasteiger partial charge in [-0.1, -0.05) is 0 Å². The van der Waals surface area contributed by atoms with Gasteiger partial charge in [0.05, 0.1) is 25.4 Å². The predicted octanol–water partition coefficient (Wildman–Crippen LogP) is 0.406. The number of hydrogen-bond acceptors (Lipinski definition) is 6. The SMILES string of the molecule is CCNC(=NCc1ccnc(-n2ccnc2)c1)NCC(C)(O)CN1CCOCC1. The van der Waals surface area contributed by atoms with Crippen molar-refractivity contribution in [2.45, 2.75) is 26.0 Å². The fourth-order valence-corrected chi connectivity index (χ4v) is 3.18. The lowest BCUT2D eigenvalue weighted by atomic mass is 10.1. The number of morpholine rings is 1. The summed E-state index contributed by atoms with van der Waals surface area (Å²) in [6.07, 6.45) is 7.07. The molecule has 0 aromatic carbocycles. The van der Waals surface area contributed by atoms with E-state index >= 15 is 0 Å². The molecule has 9 heteroatoms. The van der Waals surface area contributed by atoms with Gasteiger partial charge in [-0.05, 0) is 31.5 Å². The molecule has 1 unspecified atom stereocenters. The summed E-state index contributed by atoms with van der Waals surface area (Å²) in [6, 6.07) is 3.94. The van der Waals surface area contributed by atoms with E-state index in [1.54, 1.807) is 18.7 Å². The van der Waals surface area contributed by atoms with Gasteiger partial charge in [-0.15, -0.1) is 0 Å². The average molecular weight is 402 g/mol. The topological polar surface area (TPSA) is 99.8 Å². The van der Waals surface area contributed by atoms with Gasteiger partial charge < -0.3 is 20.5 Å². The zero-order chi connectivity index (χ0) is 20.5. The maximum Gasteiger partial charge on any atom is 0.191 e. The number of aliphatic hydroxyl groups is 1. The van der Waals surface area contributed by atoms with Crippen molar-refractivity contribution >= 4 is 5.96 Å². The second-order valence-electron chi connectivity index (χ2n) is 7.43. The Labute approximate surface area is 171 Å². The number of aliphatic imine (C=N–C) groups is 1. The van der Waals surface area contributed by atoms with Gasteiger partial charge in [0.25, 0.3) is 0 Å². The van der Waals surface area contributed by atoms with E-state index in [1.807, 2.05) is 36.7 Å². The molecule has 1 fully saturated rings. The Hall–Kier alpha value is -2.49. The number of imidazole rings is 1. The van der Waals surface area contributed by atoms with Crippen LogP contribution < -0.4 is 10.6 Å². The molecule has 0 amide bonds. The Morgan fingerprint density at radius 2 is 2.14 bits per heavy atom. The first-order valence-electron chi connectivity index (χ1n) is 10.0. The molecule has 0 bridgehead atoms. The van der Waals surface area contributed by atoms with Crippen LogP contribution in [0.3, 0.4) is 0 Å². The summed E-state index contributed by atoms with van der Waals surface area (Å²) in [5.74, 6) is 1.48. The fraction of sp³-hybridized carbons (Fsp3) is 0.550. The van der Waals surface area contributed by atoms with Crippen molar-refractivity contribution in [3.05, 3.63) is 42.6 Å². The van der Waals surface area contributed by atoms with Crippen LogP contribution in [-0.2, 0) is 11.3 Å². The molecule has 0 aliphatic carbocycles. The fourth-order valence-electron chi connectivity index (χ4n) is 3.18. The summed E-state index contributed by atoms with van der Waals surface area (Å²) in [6.45, 7) is 9.28. The van der Waals surface area contributed by atoms with E-state index in [4.69, 9.17) is 4.74 Å². The third-order valence-electron chi connectivity index (χ3n) is 4.65. The highest BCUT2D eigenvalue weighted by atomic mass is 16.5. The van der Waals surface area contributed by atoms with E-state index in [9.17, 15) is 5.11 Å². The van der Waals surface area contributed by atoms with E-state index in [1.165, 1.54) is 0 Å². The lowest BCUT2D eigenvalue weighted by Crippen LogP contribution is -2.52. The number of rotatable bonds is 8. The largest absolute Gasteiger partial charge is 0.387 e. The van der Waals surface area contributed by atoms with Gasteiger partial charge in [0.1, 0.15) is 12.1 Å². The number of guanidine groups is 1. The Balaban J connectivity index is 1.57. The molecule has 1 aliphatic heterocycles. The highest BCUT2D eigenvalue weighted by Gasteiger charge is 2.25. The minimum atomic E-state index is -0.862. The Kier molecular flexibility index (Phi) is 7.56. The average Bonchev–Trinajstić information content (AvgIpc) is 3.26. The Morgan fingerprint density at radius 1 is 1.31 bits per heavy atom. The summed E-state index contributed by atoms with van der Waals surface area (Å²) in [4.78, 5) is 15.3. The number of nitrogens with zero attached hydrogens (tertiary/aromatic N) is 5. The van der Waals surface area contributed by atoms with Crippen molar-refractivity contribution in [1.82, 2.24) is 30.1 Å². The van der Waals surface area contributed by atoms with Gasteiger partial charge in [-0.3, -0.25) is 9.47 Å². The molecule has 2 aromatic rings. The number of aromatic nitrogens is 3. The van der Waals surface area contributed by atoms with Crippen LogP contribution in [0.5, 0.6) is 0 Å². The molecule has 9 nitrogen and oxygen atoms in total. The maximum atomic E-state index is 10.8. The van der Waals surface area contributed by atoms with Crippen molar-refractivity contribution in [3.63, 3.8) is 0 Å². The molecule has 3 rings (SSSR count). The van der Waals surface area contributed by atoms with Crippen molar-refractivity contribution in [3.8, 4) is 5.82 Å². The van der Waals surface area contributed by atoms with E-state index in [0.29, 0.717) is 25.6 Å². The van der Waals surface area contributed by atoms with Crippen LogP contribution in [0.25, 0.3) is 5.82 Å². The van der Waals surface area contributed by atoms with Crippen LogP contribution in [0.1, 0.15) is 19.4 Å². The van der Waals surface area contributed by atoms with E-state index < -0.39 is 5.60 Å². The molecule has 2 aromatic heterocycles. The molecule has 0 saturated carbocycles. The summed E-state index contributed by atoms with van der Waals surface area (Å²) in [5, 5.41) is 17.3. The van der Waals surface area contributed by atoms with E-state index in [2.05, 4.69) is 30.5 Å². The van der Waals surface area contributed by atoms with Gasteiger partial charge in [0.15, 0.2) is 5.96 Å². The van der Waals surface area contributed by atoms with Gasteiger partial charge in [0.2, 0.25) is 0 Å². The van der Waals surface area contributed by atoms with Gasteiger partial charge in [-0.25, -0.2) is 15.0 Å². The van der Waals surface area contributed by atoms with Crippen LogP contribution in [0.4, 0.5) is 0 Å². The predicted molar refractivity (Wildman–Crippen MR) is 112 cm³/mol. The highest BCUT2D eigenvalue weighted by Crippen LogP contribution is 2.09. The summed E-state index contributed by atoms with van der Waals surface area (Å²) in [7, 11) is 0. The first kappa shape index (κ1) is 21.2. The molecule has 1 atom stereocenters. The van der Waals surface area contributed by atoms with Gasteiger partial charge in [0, 0.05) is 51.3 Å². The molecular formula is C20H31N7O2. The monoisotopic (exact) mass is 401 g/mol. The quantitative estimate of drug-likeness (QED) is 0.435. The molecule has 0 spiro atoms. The number of nitrogens with one attached hydrogen (secondary N) is 2. The molecule has 29 heavy (non-hydrogen) atoms. The van der Waals surface area contributed by atoms with Crippen LogP contribution in [0.15, 0.2) is 42.0 Å². The lowest BCUT2D eigenvalue weighted by Gasteiger charge is -2.34. The standard InChI is InChI=1S/C20H31N7O2/c1-3-22-19(25-14-20(2,28)15-26-8-10-29-11-9-26)24-13-17-4-5-23-18(12-17)27-7-6-21-16-27/h4-7,12,16,28H,3,8-11,13-15H2,1-2H3,(H2,22,24,25). The smallest absolute Gasteiger partial charge is 0.191 e. The van der Waals surface area contributed by atoms with Crippen molar-refractivity contribution in [2.75, 3.05) is 45.9 Å². The molecule has 3 heterocycles. The van der Waals surface area contributed by atoms with Gasteiger partial charge >= 0.3 is 0 Å². The van der Waals surface area contributed by atoms with Crippen LogP contribution >= 0.6 is 0 Å². The summed E-state index contributed by atoms with van der Waals surface area (Å²) < 4.78 is 7.23. The first-order valence-corrected chi connectivity index (χ1v) is 10.0. The zero-order valence-electron chi connectivity index (χ0n) is 17.2. The third kappa shape index (κ3) is 6.81. The normalized spacial score (nSPS) is 17.7. The molecule has 158 valence electrons. The molecule has 1 saturated heterocycles. The summed E-state index contributed by atoms with van der Waals surface area (Å²) in [5.41, 5.74) is 0.180. The Bertz CT molecular complexity index is 771. The molecule has 3 N–H and O–H groups in total. The van der Waals surface area contributed by atoms with Gasteiger partial charge in [-0.2, -0.15) is 0 Å². The minimum Gasteiger partial charge on any atom is -0.387 e. The van der Waals surface area contributed by atoms with Crippen LogP contribution in [-0.4, -0.2) is 82.0 Å². The molecule has 0 radical (unpaired) electrons. The lowest BCUT2D eigenvalue weighted by molar-refractivity contribution is -0.0201. The van der Waals surface area contributed by atoms with Crippen LogP contribution in [0, 0.1) is 0 Å².